The highest BCUT2D eigenvalue weighted by atomic mass is 16.5. The second-order valence-electron chi connectivity index (χ2n) is 7.57. The third-order valence-corrected chi connectivity index (χ3v) is 5.62. The number of nitriles is 1. The fraction of sp³-hybridized carbons (Fsp3) is 0.350. The largest absolute Gasteiger partial charge is 0.372 e. The van der Waals surface area contributed by atoms with Gasteiger partial charge in [0.15, 0.2) is 0 Å². The fourth-order valence-corrected chi connectivity index (χ4v) is 4.09. The van der Waals surface area contributed by atoms with Crippen molar-refractivity contribution >= 4 is 16.6 Å². The van der Waals surface area contributed by atoms with Crippen molar-refractivity contribution in [3.05, 3.63) is 46.6 Å². The summed E-state index contributed by atoms with van der Waals surface area (Å²) in [7, 11) is 1.61. The number of imidazole rings is 1. The van der Waals surface area contributed by atoms with E-state index >= 15 is 0 Å². The number of hydrogen-bond donors (Lipinski definition) is 0. The molecule has 0 aliphatic heterocycles. The number of rotatable bonds is 4. The molecule has 3 aromatic heterocycles. The Morgan fingerprint density at radius 1 is 1.21 bits per heavy atom. The van der Waals surface area contributed by atoms with Gasteiger partial charge in [-0.25, -0.2) is 4.98 Å². The molecule has 1 aromatic carbocycles. The van der Waals surface area contributed by atoms with Crippen molar-refractivity contribution in [2.45, 2.75) is 38.3 Å². The second kappa shape index (κ2) is 5.99. The van der Waals surface area contributed by atoms with Crippen molar-refractivity contribution in [3.8, 4) is 17.6 Å². The lowest BCUT2D eigenvalue weighted by atomic mass is 10.1. The van der Waals surface area contributed by atoms with E-state index in [4.69, 9.17) is 4.74 Å². The predicted octanol–water partition coefficient (Wildman–Crippen LogP) is 2.45. The lowest BCUT2D eigenvalue weighted by molar-refractivity contribution is 0.0736. The van der Waals surface area contributed by atoms with E-state index < -0.39 is 5.60 Å². The summed E-state index contributed by atoms with van der Waals surface area (Å²) in [6.45, 7) is 3.95. The van der Waals surface area contributed by atoms with Crippen molar-refractivity contribution in [2.75, 3.05) is 7.11 Å². The number of para-hydroxylation sites is 2. The average Bonchev–Trinajstić information content (AvgIpc) is 3.19. The van der Waals surface area contributed by atoms with Crippen LogP contribution in [0.4, 0.5) is 0 Å². The second-order valence-corrected chi connectivity index (χ2v) is 7.57. The van der Waals surface area contributed by atoms with Crippen LogP contribution in [0.5, 0.6) is 0 Å². The van der Waals surface area contributed by atoms with Gasteiger partial charge >= 0.3 is 0 Å². The first-order valence-corrected chi connectivity index (χ1v) is 9.44. The molecular formula is C20H19N7O2. The summed E-state index contributed by atoms with van der Waals surface area (Å²) < 4.78 is 10.4. The number of benzene rings is 1. The van der Waals surface area contributed by atoms with Gasteiger partial charge in [0.2, 0.25) is 6.19 Å². The van der Waals surface area contributed by atoms with E-state index in [1.807, 2.05) is 44.3 Å². The number of ether oxygens (including phenoxy) is 1. The van der Waals surface area contributed by atoms with Crippen molar-refractivity contribution in [2.24, 2.45) is 0 Å². The van der Waals surface area contributed by atoms with Crippen LogP contribution in [0.3, 0.4) is 0 Å². The van der Waals surface area contributed by atoms with Gasteiger partial charge in [-0.1, -0.05) is 17.3 Å². The van der Waals surface area contributed by atoms with Gasteiger partial charge in [-0.2, -0.15) is 5.26 Å². The zero-order valence-corrected chi connectivity index (χ0v) is 16.3. The molecule has 0 spiro atoms. The number of nitrogens with zero attached hydrogens (tertiary/aromatic N) is 7. The predicted molar refractivity (Wildman–Crippen MR) is 105 cm³/mol. The van der Waals surface area contributed by atoms with E-state index in [-0.39, 0.29) is 11.6 Å². The molecule has 1 saturated carbocycles. The van der Waals surface area contributed by atoms with Crippen molar-refractivity contribution in [1.82, 2.24) is 28.9 Å². The van der Waals surface area contributed by atoms with Gasteiger partial charge in [0, 0.05) is 13.2 Å². The standard InChI is InChI=1S/C20H19N7O2/c1-12(2)27-14-7-5-4-6-13(14)25-11-22-15(17(25)19(27)28)16-18(20(29-3)8-9-20)26(10-21)24-23-16/h4-7,11-12H,8-9H2,1-3H3. The summed E-state index contributed by atoms with van der Waals surface area (Å²) in [5, 5.41) is 17.7. The molecule has 0 amide bonds. The Labute approximate surface area is 165 Å². The van der Waals surface area contributed by atoms with Gasteiger partial charge in [-0.3, -0.25) is 9.20 Å². The van der Waals surface area contributed by atoms with Gasteiger partial charge in [-0.15, -0.1) is 9.78 Å². The molecule has 0 N–H and O–H groups in total. The molecule has 146 valence electrons. The van der Waals surface area contributed by atoms with E-state index in [9.17, 15) is 10.1 Å². The first-order chi connectivity index (χ1) is 14.0. The summed E-state index contributed by atoms with van der Waals surface area (Å²) >= 11 is 0. The van der Waals surface area contributed by atoms with Crippen LogP contribution in [0.15, 0.2) is 35.4 Å². The maximum atomic E-state index is 13.5. The normalized spacial score (nSPS) is 15.3. The Morgan fingerprint density at radius 2 is 1.93 bits per heavy atom. The van der Waals surface area contributed by atoms with E-state index in [0.717, 1.165) is 23.9 Å². The quantitative estimate of drug-likeness (QED) is 0.531. The SMILES string of the molecule is COC1(c2c(-c3ncn4c3c(=O)n(C(C)C)c3ccccc34)nnn2C#N)CC1. The molecule has 0 atom stereocenters. The summed E-state index contributed by atoms with van der Waals surface area (Å²) in [6, 6.07) is 7.69. The number of methoxy groups -OCH3 is 1. The van der Waals surface area contributed by atoms with Crippen LogP contribution >= 0.6 is 0 Å². The van der Waals surface area contributed by atoms with Crippen LogP contribution < -0.4 is 5.56 Å². The number of fused-ring (bicyclic) bond motifs is 3. The summed E-state index contributed by atoms with van der Waals surface area (Å²) in [6.07, 6.45) is 5.17. The molecule has 0 unspecified atom stereocenters. The molecule has 5 rings (SSSR count). The van der Waals surface area contributed by atoms with Gasteiger partial charge in [0.25, 0.3) is 5.56 Å². The van der Waals surface area contributed by atoms with Gasteiger partial charge in [0.1, 0.15) is 34.5 Å². The van der Waals surface area contributed by atoms with E-state index in [1.54, 1.807) is 22.4 Å². The Kier molecular flexibility index (Phi) is 3.63. The van der Waals surface area contributed by atoms with E-state index in [0.29, 0.717) is 22.6 Å². The van der Waals surface area contributed by atoms with Gasteiger partial charge in [-0.05, 0) is 38.8 Å². The summed E-state index contributed by atoms with van der Waals surface area (Å²) in [4.78, 5) is 18.0. The molecule has 9 heteroatoms. The highest BCUT2D eigenvalue weighted by Gasteiger charge is 2.50. The first-order valence-electron chi connectivity index (χ1n) is 9.44. The summed E-state index contributed by atoms with van der Waals surface area (Å²) in [5.41, 5.74) is 2.72. The molecule has 9 nitrogen and oxygen atoms in total. The molecule has 0 bridgehead atoms. The lowest BCUT2D eigenvalue weighted by Crippen LogP contribution is -2.24. The van der Waals surface area contributed by atoms with Gasteiger partial charge < -0.3 is 9.30 Å². The fourth-order valence-electron chi connectivity index (χ4n) is 4.09. The van der Waals surface area contributed by atoms with Crippen molar-refractivity contribution in [1.29, 1.82) is 5.26 Å². The topological polar surface area (TPSA) is 103 Å². The number of hydrogen-bond acceptors (Lipinski definition) is 6. The van der Waals surface area contributed by atoms with E-state index in [1.165, 1.54) is 4.68 Å². The van der Waals surface area contributed by atoms with Crippen LogP contribution in [0, 0.1) is 11.5 Å². The molecule has 3 heterocycles. The van der Waals surface area contributed by atoms with Gasteiger partial charge in [0.05, 0.1) is 11.0 Å². The molecule has 0 saturated heterocycles. The highest BCUT2D eigenvalue weighted by molar-refractivity contribution is 5.85. The molecule has 29 heavy (non-hydrogen) atoms. The Morgan fingerprint density at radius 3 is 2.55 bits per heavy atom. The minimum atomic E-state index is -0.613. The Balaban J connectivity index is 1.90. The van der Waals surface area contributed by atoms with Crippen LogP contribution in [0.25, 0.3) is 27.9 Å². The highest BCUT2D eigenvalue weighted by Crippen LogP contribution is 2.51. The maximum absolute atomic E-state index is 13.5. The maximum Gasteiger partial charge on any atom is 0.277 e. The van der Waals surface area contributed by atoms with Crippen LogP contribution in [0.1, 0.15) is 38.4 Å². The molecule has 0 radical (unpaired) electrons. The van der Waals surface area contributed by atoms with Crippen LogP contribution in [-0.2, 0) is 10.3 Å². The number of aromatic nitrogens is 6. The van der Waals surface area contributed by atoms with Crippen molar-refractivity contribution in [3.63, 3.8) is 0 Å². The molecule has 1 fully saturated rings. The third kappa shape index (κ3) is 2.29. The minimum Gasteiger partial charge on any atom is -0.372 e. The zero-order valence-electron chi connectivity index (χ0n) is 16.3. The average molecular weight is 389 g/mol. The van der Waals surface area contributed by atoms with Crippen molar-refractivity contribution < 1.29 is 4.74 Å². The first kappa shape index (κ1) is 17.6. The van der Waals surface area contributed by atoms with E-state index in [2.05, 4.69) is 15.3 Å². The third-order valence-electron chi connectivity index (χ3n) is 5.62. The Bertz CT molecular complexity index is 1370. The lowest BCUT2D eigenvalue weighted by Gasteiger charge is -2.16. The summed E-state index contributed by atoms with van der Waals surface area (Å²) in [5.74, 6) is 0. The minimum absolute atomic E-state index is 0.0387. The monoisotopic (exact) mass is 389 g/mol. The smallest absolute Gasteiger partial charge is 0.277 e. The van der Waals surface area contributed by atoms with Crippen LogP contribution in [-0.4, -0.2) is 36.1 Å². The molecule has 1 aliphatic rings. The molecule has 4 aromatic rings. The zero-order chi connectivity index (χ0) is 20.3. The molecule has 1 aliphatic carbocycles. The Hall–Kier alpha value is -3.51. The van der Waals surface area contributed by atoms with Crippen LogP contribution in [0.2, 0.25) is 0 Å². The molecular weight excluding hydrogens is 370 g/mol.